The number of piperazine rings is 1. The van der Waals surface area contributed by atoms with E-state index in [0.717, 1.165) is 49.8 Å². The van der Waals surface area contributed by atoms with Gasteiger partial charge in [0, 0.05) is 48.9 Å². The van der Waals surface area contributed by atoms with Gasteiger partial charge in [0.05, 0.1) is 22.4 Å². The summed E-state index contributed by atoms with van der Waals surface area (Å²) in [7, 11) is -0.399. The fourth-order valence-electron chi connectivity index (χ4n) is 5.40. The second-order valence-corrected chi connectivity index (χ2v) is 10.7. The quantitative estimate of drug-likeness (QED) is 0.711. The monoisotopic (exact) mass is 422 g/mol. The third-order valence-corrected chi connectivity index (χ3v) is 8.04. The molecule has 7 nitrogen and oxygen atoms in total. The summed E-state index contributed by atoms with van der Waals surface area (Å²) in [5.74, 6) is 0.702. The summed E-state index contributed by atoms with van der Waals surface area (Å²) in [6.45, 7) is 10.1. The van der Waals surface area contributed by atoms with E-state index in [-0.39, 0.29) is 11.2 Å². The van der Waals surface area contributed by atoms with Crippen LogP contribution >= 0.6 is 0 Å². The average molecular weight is 422 g/mol. The zero-order chi connectivity index (χ0) is 21.5. The van der Waals surface area contributed by atoms with Gasteiger partial charge in [-0.25, -0.2) is 4.52 Å². The lowest BCUT2D eigenvalue weighted by molar-refractivity contribution is -0.135. The van der Waals surface area contributed by atoms with Crippen LogP contribution in [0.4, 0.5) is 5.69 Å². The minimum Gasteiger partial charge on any atom is -0.399 e. The molecule has 4 fully saturated rings. The first-order valence-electron chi connectivity index (χ1n) is 11.6. The van der Waals surface area contributed by atoms with Gasteiger partial charge in [0.15, 0.2) is 0 Å². The first-order chi connectivity index (χ1) is 14.7. The summed E-state index contributed by atoms with van der Waals surface area (Å²) < 4.78 is 14.4. The van der Waals surface area contributed by atoms with Gasteiger partial charge in [-0.15, -0.1) is 0 Å². The molecule has 0 N–H and O–H groups in total. The Morgan fingerprint density at radius 3 is 2.32 bits per heavy atom. The van der Waals surface area contributed by atoms with E-state index in [1.165, 1.54) is 5.69 Å². The summed E-state index contributed by atoms with van der Waals surface area (Å²) in [6, 6.07) is 4.91. The molecule has 0 aromatic carbocycles. The third kappa shape index (κ3) is 3.02. The Morgan fingerprint density at radius 2 is 1.71 bits per heavy atom. The van der Waals surface area contributed by atoms with Crippen LogP contribution in [-0.2, 0) is 14.1 Å². The molecule has 31 heavy (non-hydrogen) atoms. The number of fused-ring (bicyclic) bond motifs is 3. The van der Waals surface area contributed by atoms with Gasteiger partial charge in [0.25, 0.3) is 0 Å². The Kier molecular flexibility index (Phi) is 4.10. The summed E-state index contributed by atoms with van der Waals surface area (Å²) in [6.07, 6.45) is 8.26. The number of anilines is 1. The zero-order valence-corrected chi connectivity index (χ0v) is 18.9. The number of carbonyl (C=O) groups excluding carboxylic acids is 1. The van der Waals surface area contributed by atoms with Crippen LogP contribution in [0.1, 0.15) is 53.4 Å². The lowest BCUT2D eigenvalue weighted by Gasteiger charge is -2.42. The third-order valence-electron chi connectivity index (χ3n) is 8.04. The standard InChI is InChI=1S/C23H31BN4O3/c1-22(2)23(3,4)31-24(30-22)16-11-20-19(9-10-25-27(20)12-16)26-13-17-7-8-18(14-26)28(17)21(29)15-5-6-15/h9-12,15,17-18H,5-8,13-14H2,1-4H3. The van der Waals surface area contributed by atoms with Crippen LogP contribution in [0.5, 0.6) is 0 Å². The van der Waals surface area contributed by atoms with Crippen LogP contribution in [0.3, 0.4) is 0 Å². The molecule has 0 radical (unpaired) electrons. The second kappa shape index (κ2) is 6.48. The van der Waals surface area contributed by atoms with Crippen molar-refractivity contribution in [2.75, 3.05) is 18.0 Å². The molecule has 1 amide bonds. The minimum absolute atomic E-state index is 0.301. The fraction of sp³-hybridized carbons (Fsp3) is 0.652. The second-order valence-electron chi connectivity index (χ2n) is 10.7. The van der Waals surface area contributed by atoms with Crippen LogP contribution in [-0.4, -0.2) is 63.9 Å². The van der Waals surface area contributed by atoms with Crippen molar-refractivity contribution in [3.8, 4) is 0 Å². The van der Waals surface area contributed by atoms with Crippen molar-refractivity contribution in [2.45, 2.75) is 76.7 Å². The largest absolute Gasteiger partial charge is 0.496 e. The summed E-state index contributed by atoms with van der Waals surface area (Å²) in [5.41, 5.74) is 2.49. The average Bonchev–Trinajstić information content (AvgIpc) is 3.35. The van der Waals surface area contributed by atoms with Crippen molar-refractivity contribution < 1.29 is 14.1 Å². The van der Waals surface area contributed by atoms with E-state index in [4.69, 9.17) is 9.31 Å². The molecule has 164 valence electrons. The number of aromatic nitrogens is 2. The SMILES string of the molecule is CC1(C)OB(c2cc3c(N4CC5CCC(C4)N5C(=O)C4CC4)ccnn3c2)OC1(C)C. The van der Waals surface area contributed by atoms with E-state index in [1.54, 1.807) is 0 Å². The van der Waals surface area contributed by atoms with E-state index >= 15 is 0 Å². The smallest absolute Gasteiger partial charge is 0.399 e. The van der Waals surface area contributed by atoms with Gasteiger partial charge in [0.1, 0.15) is 0 Å². The van der Waals surface area contributed by atoms with Crippen molar-refractivity contribution >= 4 is 29.7 Å². The van der Waals surface area contributed by atoms with Crippen molar-refractivity contribution in [3.63, 3.8) is 0 Å². The number of rotatable bonds is 3. The Hall–Kier alpha value is -2.06. The maximum Gasteiger partial charge on any atom is 0.496 e. The molecule has 2 aromatic heterocycles. The molecule has 4 aliphatic rings. The van der Waals surface area contributed by atoms with E-state index in [2.05, 4.69) is 54.7 Å². The molecule has 6 rings (SSSR count). The molecular weight excluding hydrogens is 391 g/mol. The normalized spacial score (nSPS) is 29.2. The molecule has 2 bridgehead atoms. The summed E-state index contributed by atoms with van der Waals surface area (Å²) >= 11 is 0. The summed E-state index contributed by atoms with van der Waals surface area (Å²) in [5, 5.41) is 4.54. The molecule has 3 aliphatic heterocycles. The molecule has 3 saturated heterocycles. The highest BCUT2D eigenvalue weighted by atomic mass is 16.7. The van der Waals surface area contributed by atoms with Gasteiger partial charge in [-0.2, -0.15) is 5.10 Å². The summed E-state index contributed by atoms with van der Waals surface area (Å²) in [4.78, 5) is 17.5. The molecule has 8 heteroatoms. The maximum atomic E-state index is 12.8. The maximum absolute atomic E-state index is 12.8. The number of hydrogen-bond donors (Lipinski definition) is 0. The predicted octanol–water partition coefficient (Wildman–Crippen LogP) is 2.22. The van der Waals surface area contributed by atoms with Gasteiger partial charge < -0.3 is 19.1 Å². The van der Waals surface area contributed by atoms with E-state index < -0.39 is 7.12 Å². The van der Waals surface area contributed by atoms with Gasteiger partial charge >= 0.3 is 7.12 Å². The highest BCUT2D eigenvalue weighted by Gasteiger charge is 2.52. The van der Waals surface area contributed by atoms with Crippen molar-refractivity contribution in [2.24, 2.45) is 5.92 Å². The van der Waals surface area contributed by atoms with Crippen LogP contribution < -0.4 is 10.4 Å². The van der Waals surface area contributed by atoms with Crippen molar-refractivity contribution in [1.29, 1.82) is 0 Å². The molecule has 2 unspecified atom stereocenters. The fourth-order valence-corrected chi connectivity index (χ4v) is 5.40. The van der Waals surface area contributed by atoms with Crippen molar-refractivity contribution in [1.82, 2.24) is 14.5 Å². The number of nitrogens with zero attached hydrogens (tertiary/aromatic N) is 4. The molecule has 0 spiro atoms. The van der Waals surface area contributed by atoms with Crippen molar-refractivity contribution in [3.05, 3.63) is 24.5 Å². The van der Waals surface area contributed by atoms with E-state index in [9.17, 15) is 4.79 Å². The lowest BCUT2D eigenvalue weighted by atomic mass is 9.81. The van der Waals surface area contributed by atoms with Gasteiger partial charge in [-0.05, 0) is 65.5 Å². The number of hydrogen-bond acceptors (Lipinski definition) is 5. The molecule has 1 aliphatic carbocycles. The molecule has 5 heterocycles. The Morgan fingerprint density at radius 1 is 1.06 bits per heavy atom. The molecule has 1 saturated carbocycles. The Balaban J connectivity index is 1.28. The van der Waals surface area contributed by atoms with Gasteiger partial charge in [0.2, 0.25) is 5.91 Å². The first-order valence-corrected chi connectivity index (χ1v) is 11.6. The molecule has 2 atom stereocenters. The van der Waals surface area contributed by atoms with Crippen LogP contribution in [0.2, 0.25) is 0 Å². The molecular formula is C23H31BN4O3. The lowest BCUT2D eigenvalue weighted by Crippen LogP contribution is -2.56. The highest BCUT2D eigenvalue weighted by Crippen LogP contribution is 2.40. The zero-order valence-electron chi connectivity index (χ0n) is 18.9. The predicted molar refractivity (Wildman–Crippen MR) is 120 cm³/mol. The first kappa shape index (κ1) is 19.6. The minimum atomic E-state index is -0.399. The topological polar surface area (TPSA) is 59.3 Å². The van der Waals surface area contributed by atoms with Crippen LogP contribution in [0, 0.1) is 5.92 Å². The van der Waals surface area contributed by atoms with Crippen LogP contribution in [0.15, 0.2) is 24.5 Å². The van der Waals surface area contributed by atoms with Crippen LogP contribution in [0.25, 0.3) is 5.52 Å². The Bertz CT molecular complexity index is 1020. The number of carbonyl (C=O) groups is 1. The van der Waals surface area contributed by atoms with Gasteiger partial charge in [-0.3, -0.25) is 4.79 Å². The Labute approximate surface area is 183 Å². The number of amides is 1. The van der Waals surface area contributed by atoms with E-state index in [0.29, 0.717) is 23.9 Å². The van der Waals surface area contributed by atoms with E-state index in [1.807, 2.05) is 16.9 Å². The molecule has 2 aromatic rings. The van der Waals surface area contributed by atoms with Gasteiger partial charge in [-0.1, -0.05) is 0 Å². The highest BCUT2D eigenvalue weighted by molar-refractivity contribution is 6.62.